The lowest BCUT2D eigenvalue weighted by Gasteiger charge is -2.32. The molecule has 2 aromatic rings. The van der Waals surface area contributed by atoms with Gasteiger partial charge < -0.3 is 15.0 Å². The Balaban J connectivity index is 1.47. The smallest absolute Gasteiger partial charge is 0.224 e. The zero-order valence-corrected chi connectivity index (χ0v) is 17.3. The van der Waals surface area contributed by atoms with Gasteiger partial charge in [-0.25, -0.2) is 0 Å². The number of nitrogens with one attached hydrogen (secondary N) is 1. The molecule has 2 amide bonds. The van der Waals surface area contributed by atoms with Crippen molar-refractivity contribution in [2.45, 2.75) is 32.6 Å². The number of methoxy groups -OCH3 is 1. The predicted octanol–water partition coefficient (Wildman–Crippen LogP) is 3.14. The van der Waals surface area contributed by atoms with Crippen LogP contribution in [-0.4, -0.2) is 43.5 Å². The Hall–Kier alpha value is -2.82. The van der Waals surface area contributed by atoms with Crippen LogP contribution in [0.15, 0.2) is 48.5 Å². The van der Waals surface area contributed by atoms with Crippen molar-refractivity contribution in [3.8, 4) is 5.75 Å². The first kappa shape index (κ1) is 20.9. The Bertz CT molecular complexity index is 832. The molecule has 0 aromatic heterocycles. The third kappa shape index (κ3) is 5.83. The van der Waals surface area contributed by atoms with Crippen LogP contribution in [0.3, 0.4) is 0 Å². The Morgan fingerprint density at radius 2 is 1.90 bits per heavy atom. The molecule has 0 unspecified atom stereocenters. The third-order valence-corrected chi connectivity index (χ3v) is 5.66. The number of hydrogen-bond acceptors (Lipinski definition) is 3. The second-order valence-electron chi connectivity index (χ2n) is 7.64. The lowest BCUT2D eigenvalue weighted by molar-refractivity contribution is -0.138. The van der Waals surface area contributed by atoms with Crippen molar-refractivity contribution in [2.75, 3.05) is 26.7 Å². The molecule has 0 spiro atoms. The number of rotatable bonds is 8. The minimum Gasteiger partial charge on any atom is -0.497 e. The summed E-state index contributed by atoms with van der Waals surface area (Å²) in [6.45, 7) is 3.86. The average molecular weight is 395 g/mol. The molecule has 0 radical (unpaired) electrons. The van der Waals surface area contributed by atoms with Crippen molar-refractivity contribution >= 4 is 11.8 Å². The van der Waals surface area contributed by atoms with Crippen molar-refractivity contribution < 1.29 is 14.3 Å². The number of hydrogen-bond donors (Lipinski definition) is 1. The van der Waals surface area contributed by atoms with Gasteiger partial charge in [0, 0.05) is 26.1 Å². The van der Waals surface area contributed by atoms with Crippen LogP contribution >= 0.6 is 0 Å². The van der Waals surface area contributed by atoms with Crippen LogP contribution in [0.4, 0.5) is 0 Å². The van der Waals surface area contributed by atoms with Gasteiger partial charge in [0.1, 0.15) is 5.75 Å². The zero-order chi connectivity index (χ0) is 20.6. The SMILES string of the molecule is COc1ccc(CCN2C[C@H](C(=O)NCCc3ccccc3C)CCC2=O)cc1. The summed E-state index contributed by atoms with van der Waals surface area (Å²) in [7, 11) is 1.65. The number of carbonyl (C=O) groups is 2. The molecule has 154 valence electrons. The van der Waals surface area contributed by atoms with E-state index in [1.165, 1.54) is 11.1 Å². The van der Waals surface area contributed by atoms with E-state index in [9.17, 15) is 9.59 Å². The number of nitrogens with zero attached hydrogens (tertiary/aromatic N) is 1. The van der Waals surface area contributed by atoms with Gasteiger partial charge in [0.05, 0.1) is 13.0 Å². The van der Waals surface area contributed by atoms with Crippen molar-refractivity contribution in [1.82, 2.24) is 10.2 Å². The molecular formula is C24H30N2O3. The maximum atomic E-state index is 12.6. The van der Waals surface area contributed by atoms with Crippen LogP contribution in [-0.2, 0) is 22.4 Å². The Morgan fingerprint density at radius 1 is 1.14 bits per heavy atom. The molecule has 1 saturated heterocycles. The quantitative estimate of drug-likeness (QED) is 0.748. The van der Waals surface area contributed by atoms with Gasteiger partial charge in [-0.15, -0.1) is 0 Å². The van der Waals surface area contributed by atoms with Gasteiger partial charge in [0.15, 0.2) is 0 Å². The average Bonchev–Trinajstić information content (AvgIpc) is 2.74. The van der Waals surface area contributed by atoms with Crippen LogP contribution in [0.1, 0.15) is 29.5 Å². The van der Waals surface area contributed by atoms with Gasteiger partial charge in [-0.05, 0) is 55.0 Å². The fourth-order valence-electron chi connectivity index (χ4n) is 3.76. The van der Waals surface area contributed by atoms with E-state index in [4.69, 9.17) is 4.74 Å². The highest BCUT2D eigenvalue weighted by atomic mass is 16.5. The molecule has 5 nitrogen and oxygen atoms in total. The summed E-state index contributed by atoms with van der Waals surface area (Å²) in [6, 6.07) is 16.1. The normalized spacial score (nSPS) is 16.6. The highest BCUT2D eigenvalue weighted by molar-refractivity contribution is 5.83. The van der Waals surface area contributed by atoms with Crippen LogP contribution in [0.5, 0.6) is 5.75 Å². The van der Waals surface area contributed by atoms with Crippen LogP contribution in [0.25, 0.3) is 0 Å². The number of aryl methyl sites for hydroxylation is 1. The topological polar surface area (TPSA) is 58.6 Å². The Morgan fingerprint density at radius 3 is 2.62 bits per heavy atom. The second kappa shape index (κ2) is 10.1. The van der Waals surface area contributed by atoms with Gasteiger partial charge in [-0.3, -0.25) is 9.59 Å². The molecular weight excluding hydrogens is 364 g/mol. The van der Waals surface area contributed by atoms with E-state index in [0.717, 1.165) is 24.2 Å². The lowest BCUT2D eigenvalue weighted by Crippen LogP contribution is -2.46. The molecule has 1 aliphatic heterocycles. The summed E-state index contributed by atoms with van der Waals surface area (Å²) in [5.41, 5.74) is 3.66. The molecule has 0 saturated carbocycles. The molecule has 1 fully saturated rings. The van der Waals surface area contributed by atoms with Gasteiger partial charge in [0.25, 0.3) is 0 Å². The Labute approximate surface area is 173 Å². The minimum absolute atomic E-state index is 0.0560. The van der Waals surface area contributed by atoms with E-state index in [1.54, 1.807) is 7.11 Å². The molecule has 3 rings (SSSR count). The standard InChI is InChI=1S/C24H30N2O3/c1-18-5-3-4-6-20(18)13-15-25-24(28)21-9-12-23(27)26(17-21)16-14-19-7-10-22(29-2)11-8-19/h3-8,10-11,21H,9,12-17H2,1-2H3,(H,25,28)/t21-/m1/s1. The first-order valence-electron chi connectivity index (χ1n) is 10.3. The highest BCUT2D eigenvalue weighted by Crippen LogP contribution is 2.19. The van der Waals surface area contributed by atoms with Crippen molar-refractivity contribution in [3.63, 3.8) is 0 Å². The number of piperidine rings is 1. The summed E-state index contributed by atoms with van der Waals surface area (Å²) >= 11 is 0. The fraction of sp³-hybridized carbons (Fsp3) is 0.417. The van der Waals surface area contributed by atoms with Gasteiger partial charge in [-0.1, -0.05) is 36.4 Å². The van der Waals surface area contributed by atoms with Gasteiger partial charge >= 0.3 is 0 Å². The molecule has 1 heterocycles. The second-order valence-corrected chi connectivity index (χ2v) is 7.64. The van der Waals surface area contributed by atoms with Crippen LogP contribution in [0.2, 0.25) is 0 Å². The minimum atomic E-state index is -0.125. The summed E-state index contributed by atoms with van der Waals surface area (Å²) in [5, 5.41) is 3.06. The molecule has 1 aliphatic rings. The molecule has 0 bridgehead atoms. The van der Waals surface area contributed by atoms with Crippen molar-refractivity contribution in [3.05, 3.63) is 65.2 Å². The van der Waals surface area contributed by atoms with Crippen molar-refractivity contribution in [1.29, 1.82) is 0 Å². The molecule has 5 heteroatoms. The number of carbonyl (C=O) groups excluding carboxylic acids is 2. The predicted molar refractivity (Wildman–Crippen MR) is 114 cm³/mol. The zero-order valence-electron chi connectivity index (χ0n) is 17.3. The fourth-order valence-corrected chi connectivity index (χ4v) is 3.76. The molecule has 0 aliphatic carbocycles. The molecule has 1 atom stereocenters. The maximum absolute atomic E-state index is 12.6. The molecule has 2 aromatic carbocycles. The van der Waals surface area contributed by atoms with E-state index >= 15 is 0 Å². The third-order valence-electron chi connectivity index (χ3n) is 5.66. The van der Waals surface area contributed by atoms with E-state index in [0.29, 0.717) is 32.5 Å². The highest BCUT2D eigenvalue weighted by Gasteiger charge is 2.29. The molecule has 29 heavy (non-hydrogen) atoms. The lowest BCUT2D eigenvalue weighted by atomic mass is 9.96. The van der Waals surface area contributed by atoms with Gasteiger partial charge in [-0.2, -0.15) is 0 Å². The van der Waals surface area contributed by atoms with Gasteiger partial charge in [0.2, 0.25) is 11.8 Å². The number of amides is 2. The van der Waals surface area contributed by atoms with E-state index in [-0.39, 0.29) is 17.7 Å². The number of ether oxygens (including phenoxy) is 1. The summed E-state index contributed by atoms with van der Waals surface area (Å²) in [5.74, 6) is 0.897. The van der Waals surface area contributed by atoms with Crippen molar-refractivity contribution in [2.24, 2.45) is 5.92 Å². The van der Waals surface area contributed by atoms with Crippen LogP contribution in [0, 0.1) is 12.8 Å². The summed E-state index contributed by atoms with van der Waals surface area (Å²) < 4.78 is 5.18. The first-order valence-corrected chi connectivity index (χ1v) is 10.3. The summed E-state index contributed by atoms with van der Waals surface area (Å²) in [4.78, 5) is 26.7. The maximum Gasteiger partial charge on any atom is 0.224 e. The monoisotopic (exact) mass is 394 g/mol. The van der Waals surface area contributed by atoms with Crippen LogP contribution < -0.4 is 10.1 Å². The largest absolute Gasteiger partial charge is 0.497 e. The van der Waals surface area contributed by atoms with E-state index < -0.39 is 0 Å². The number of benzene rings is 2. The first-order chi connectivity index (χ1) is 14.1. The molecule has 1 N–H and O–H groups in total. The van der Waals surface area contributed by atoms with E-state index in [2.05, 4.69) is 24.4 Å². The summed E-state index contributed by atoms with van der Waals surface area (Å²) in [6.07, 6.45) is 2.68. The number of likely N-dealkylation sites (tertiary alicyclic amines) is 1. The Kier molecular flexibility index (Phi) is 7.28. The van der Waals surface area contributed by atoms with E-state index in [1.807, 2.05) is 41.3 Å².